The van der Waals surface area contributed by atoms with E-state index in [0.717, 1.165) is 52.1 Å². The molecule has 0 aromatic heterocycles. The monoisotopic (exact) mass is 257 g/mol. The number of hydrogen-bond donors (Lipinski definition) is 3. The van der Waals surface area contributed by atoms with Crippen molar-refractivity contribution in [3.63, 3.8) is 0 Å². The van der Waals surface area contributed by atoms with Gasteiger partial charge in [0.2, 0.25) is 0 Å². The molecule has 1 heterocycles. The van der Waals surface area contributed by atoms with Gasteiger partial charge in [-0.1, -0.05) is 0 Å². The molecule has 2 amide bonds. The van der Waals surface area contributed by atoms with Gasteiger partial charge in [0.1, 0.15) is 0 Å². The van der Waals surface area contributed by atoms with Crippen molar-refractivity contribution in [2.75, 3.05) is 59.4 Å². The van der Waals surface area contributed by atoms with Crippen molar-refractivity contribution in [1.82, 2.24) is 20.4 Å². The van der Waals surface area contributed by atoms with Gasteiger partial charge in [-0.3, -0.25) is 0 Å². The van der Waals surface area contributed by atoms with Crippen LogP contribution in [0.25, 0.3) is 0 Å². The van der Waals surface area contributed by atoms with Gasteiger partial charge in [0.05, 0.1) is 0 Å². The van der Waals surface area contributed by atoms with E-state index in [1.807, 2.05) is 0 Å². The topological polar surface area (TPSA) is 73.6 Å². The summed E-state index contributed by atoms with van der Waals surface area (Å²) in [6, 6.07) is -0.320. The molecule has 0 atom stereocenters. The zero-order chi connectivity index (χ0) is 13.2. The molecule has 4 N–H and O–H groups in total. The first-order chi connectivity index (χ1) is 8.70. The van der Waals surface area contributed by atoms with Crippen molar-refractivity contribution in [2.45, 2.75) is 12.8 Å². The van der Waals surface area contributed by atoms with Crippen molar-refractivity contribution in [1.29, 1.82) is 0 Å². The van der Waals surface area contributed by atoms with E-state index >= 15 is 0 Å². The molecule has 0 aromatic carbocycles. The third-order valence-electron chi connectivity index (χ3n) is 3.22. The molecule has 0 aliphatic carbocycles. The van der Waals surface area contributed by atoms with Crippen LogP contribution in [0.3, 0.4) is 0 Å². The lowest BCUT2D eigenvalue weighted by atomic mass is 10.3. The maximum atomic E-state index is 11.3. The fraction of sp³-hybridized carbons (Fsp3) is 0.917. The maximum Gasteiger partial charge on any atom is 0.314 e. The Kier molecular flexibility index (Phi) is 7.71. The van der Waals surface area contributed by atoms with Gasteiger partial charge in [-0.2, -0.15) is 0 Å². The van der Waals surface area contributed by atoms with Crippen LogP contribution in [-0.4, -0.2) is 75.2 Å². The molecule has 1 aliphatic heterocycles. The minimum atomic E-state index is -0.320. The van der Waals surface area contributed by atoms with Gasteiger partial charge in [-0.15, -0.1) is 0 Å². The third kappa shape index (κ3) is 6.78. The molecule has 18 heavy (non-hydrogen) atoms. The average molecular weight is 257 g/mol. The predicted octanol–water partition coefficient (Wildman–Crippen LogP) is -0.728. The maximum absolute atomic E-state index is 11.3. The molecule has 0 bridgehead atoms. The average Bonchev–Trinajstić information content (AvgIpc) is 2.34. The minimum Gasteiger partial charge on any atom is -0.351 e. The van der Waals surface area contributed by atoms with Crippen LogP contribution in [-0.2, 0) is 0 Å². The molecule has 6 heteroatoms. The first-order valence-corrected chi connectivity index (χ1v) is 6.84. The Morgan fingerprint density at radius 2 is 1.61 bits per heavy atom. The van der Waals surface area contributed by atoms with Crippen molar-refractivity contribution in [3.8, 4) is 0 Å². The molecule has 106 valence electrons. The smallest absolute Gasteiger partial charge is 0.314 e. The summed E-state index contributed by atoms with van der Waals surface area (Å²) in [6.45, 7) is 7.24. The zero-order valence-electron chi connectivity index (χ0n) is 11.5. The number of amides is 2. The second-order valence-corrected chi connectivity index (χ2v) is 4.84. The van der Waals surface area contributed by atoms with Gasteiger partial charge in [-0.05, 0) is 46.1 Å². The molecule has 6 nitrogen and oxygen atoms in total. The first-order valence-electron chi connectivity index (χ1n) is 6.84. The lowest BCUT2D eigenvalue weighted by Gasteiger charge is -2.24. The Morgan fingerprint density at radius 3 is 2.33 bits per heavy atom. The molecule has 0 radical (unpaired) electrons. The lowest BCUT2D eigenvalue weighted by Crippen LogP contribution is -2.44. The van der Waals surface area contributed by atoms with Crippen LogP contribution < -0.4 is 16.4 Å². The summed E-state index contributed by atoms with van der Waals surface area (Å²) in [4.78, 5) is 15.3. The van der Waals surface area contributed by atoms with Crippen LogP contribution in [0.4, 0.5) is 4.79 Å². The summed E-state index contributed by atoms with van der Waals surface area (Å²) < 4.78 is 0. The van der Waals surface area contributed by atoms with Gasteiger partial charge in [0, 0.05) is 26.2 Å². The number of carbonyl (C=O) groups excluding carboxylic acids is 1. The van der Waals surface area contributed by atoms with E-state index in [4.69, 9.17) is 5.73 Å². The van der Waals surface area contributed by atoms with E-state index in [9.17, 15) is 4.79 Å². The molecule has 0 aromatic rings. The molecule has 1 saturated heterocycles. The highest BCUT2D eigenvalue weighted by Gasteiger charge is 2.10. The van der Waals surface area contributed by atoms with Crippen molar-refractivity contribution < 1.29 is 4.79 Å². The van der Waals surface area contributed by atoms with Gasteiger partial charge < -0.3 is 26.2 Å². The number of rotatable bonds is 0. The molecule has 1 fully saturated rings. The Balaban J connectivity index is 2.37. The quantitative estimate of drug-likeness (QED) is 0.535. The number of primary amides is 1. The van der Waals surface area contributed by atoms with E-state index < -0.39 is 0 Å². The first kappa shape index (κ1) is 15.2. The summed E-state index contributed by atoms with van der Waals surface area (Å²) >= 11 is 0. The van der Waals surface area contributed by atoms with E-state index in [2.05, 4.69) is 22.6 Å². The largest absolute Gasteiger partial charge is 0.351 e. The highest BCUT2D eigenvalue weighted by Crippen LogP contribution is 1.92. The third-order valence-corrected chi connectivity index (χ3v) is 3.22. The minimum absolute atomic E-state index is 0.320. The van der Waals surface area contributed by atoms with Crippen LogP contribution in [0.5, 0.6) is 0 Å². The summed E-state index contributed by atoms with van der Waals surface area (Å²) in [5.74, 6) is 0. The normalized spacial score (nSPS) is 22.4. The molecular weight excluding hydrogens is 230 g/mol. The second kappa shape index (κ2) is 9.13. The van der Waals surface area contributed by atoms with E-state index in [1.165, 1.54) is 0 Å². The molecule has 0 unspecified atom stereocenters. The fourth-order valence-corrected chi connectivity index (χ4v) is 2.01. The summed E-state index contributed by atoms with van der Waals surface area (Å²) in [6.07, 6.45) is 2.26. The predicted molar refractivity (Wildman–Crippen MR) is 73.6 cm³/mol. The standard InChI is InChI=1S/C12H27N5O/c1-16-8-3-6-14-4-2-5-15-7-9-17(11-10-16)12(13)18/h14-15H,2-11H2,1H3,(H2,13,18). The number of nitrogens with zero attached hydrogens (tertiary/aromatic N) is 2. The molecule has 1 aliphatic rings. The van der Waals surface area contributed by atoms with Crippen molar-refractivity contribution >= 4 is 6.03 Å². The molecule has 0 spiro atoms. The van der Waals surface area contributed by atoms with Gasteiger partial charge >= 0.3 is 6.03 Å². The van der Waals surface area contributed by atoms with Crippen LogP contribution in [0.15, 0.2) is 0 Å². The number of carbonyl (C=O) groups is 1. The number of likely N-dealkylation sites (N-methyl/N-ethyl adjacent to an activating group) is 1. The highest BCUT2D eigenvalue weighted by molar-refractivity contribution is 5.71. The number of hydrogen-bond acceptors (Lipinski definition) is 4. The van der Waals surface area contributed by atoms with E-state index in [-0.39, 0.29) is 6.03 Å². The van der Waals surface area contributed by atoms with Crippen LogP contribution in [0, 0.1) is 0 Å². The summed E-state index contributed by atoms with van der Waals surface area (Å²) in [7, 11) is 2.09. The molecular formula is C12H27N5O. The number of urea groups is 1. The van der Waals surface area contributed by atoms with Gasteiger partial charge in [0.15, 0.2) is 0 Å². The number of nitrogens with two attached hydrogens (primary N) is 1. The van der Waals surface area contributed by atoms with Gasteiger partial charge in [0.25, 0.3) is 0 Å². The van der Waals surface area contributed by atoms with Crippen LogP contribution >= 0.6 is 0 Å². The zero-order valence-corrected chi connectivity index (χ0v) is 11.5. The summed E-state index contributed by atoms with van der Waals surface area (Å²) in [5, 5.41) is 6.77. The number of nitrogens with one attached hydrogen (secondary N) is 2. The van der Waals surface area contributed by atoms with E-state index in [0.29, 0.717) is 13.1 Å². The van der Waals surface area contributed by atoms with Crippen LogP contribution in [0.1, 0.15) is 12.8 Å². The Bertz CT molecular complexity index is 237. The Morgan fingerprint density at radius 1 is 0.944 bits per heavy atom. The van der Waals surface area contributed by atoms with Crippen molar-refractivity contribution in [2.24, 2.45) is 5.73 Å². The Labute approximate surface area is 110 Å². The second-order valence-electron chi connectivity index (χ2n) is 4.84. The van der Waals surface area contributed by atoms with E-state index in [1.54, 1.807) is 4.90 Å². The van der Waals surface area contributed by atoms with Crippen LogP contribution in [0.2, 0.25) is 0 Å². The molecule has 0 saturated carbocycles. The Hall–Kier alpha value is -0.850. The fourth-order valence-electron chi connectivity index (χ4n) is 2.01. The molecule has 1 rings (SSSR count). The highest BCUT2D eigenvalue weighted by atomic mass is 16.2. The SMILES string of the molecule is CN1CCCNCCCNCCN(C(N)=O)CC1. The van der Waals surface area contributed by atoms with Gasteiger partial charge in [-0.25, -0.2) is 4.79 Å². The lowest BCUT2D eigenvalue weighted by molar-refractivity contribution is 0.196. The summed E-state index contributed by atoms with van der Waals surface area (Å²) in [5.41, 5.74) is 5.38. The van der Waals surface area contributed by atoms with Crippen molar-refractivity contribution in [3.05, 3.63) is 0 Å².